The van der Waals surface area contributed by atoms with Gasteiger partial charge in [-0.3, -0.25) is 9.59 Å². The molecule has 1 rings (SSSR count). The molecule has 1 amide bonds. The van der Waals surface area contributed by atoms with E-state index in [1.54, 1.807) is 11.8 Å². The zero-order valence-electron chi connectivity index (χ0n) is 8.32. The second-order valence-electron chi connectivity index (χ2n) is 3.55. The summed E-state index contributed by atoms with van der Waals surface area (Å²) >= 11 is 0. The van der Waals surface area contributed by atoms with Gasteiger partial charge in [-0.25, -0.2) is 0 Å². The van der Waals surface area contributed by atoms with Crippen molar-refractivity contribution in [3.8, 4) is 0 Å². The van der Waals surface area contributed by atoms with Gasteiger partial charge in [0.25, 0.3) is 0 Å². The summed E-state index contributed by atoms with van der Waals surface area (Å²) in [7, 11) is 0. The number of carboxylic acids is 1. The first-order chi connectivity index (χ1) is 6.59. The van der Waals surface area contributed by atoms with E-state index in [9.17, 15) is 9.59 Å². The topological polar surface area (TPSA) is 69.6 Å². The number of nitrogens with zero attached hydrogens (tertiary/aromatic N) is 1. The van der Waals surface area contributed by atoms with Gasteiger partial charge in [-0.05, 0) is 6.42 Å². The summed E-state index contributed by atoms with van der Waals surface area (Å²) in [6, 6.07) is 0.262. The number of rotatable bonds is 4. The maximum Gasteiger partial charge on any atom is 0.304 e. The van der Waals surface area contributed by atoms with Gasteiger partial charge in [0, 0.05) is 32.6 Å². The van der Waals surface area contributed by atoms with E-state index in [0.29, 0.717) is 13.1 Å². The number of carbonyl (C=O) groups is 2. The van der Waals surface area contributed by atoms with E-state index < -0.39 is 5.97 Å². The van der Waals surface area contributed by atoms with Gasteiger partial charge in [-0.1, -0.05) is 0 Å². The second-order valence-corrected chi connectivity index (χ2v) is 3.55. The number of hydrogen-bond donors (Lipinski definition) is 2. The van der Waals surface area contributed by atoms with Crippen molar-refractivity contribution in [3.05, 3.63) is 0 Å². The molecular weight excluding hydrogens is 184 g/mol. The number of carboxylic acid groups (broad SMARTS) is 1. The molecule has 1 atom stereocenters. The van der Waals surface area contributed by atoms with E-state index in [-0.39, 0.29) is 18.4 Å². The van der Waals surface area contributed by atoms with Crippen molar-refractivity contribution in [2.75, 3.05) is 19.6 Å². The van der Waals surface area contributed by atoms with Crippen LogP contribution >= 0.6 is 0 Å². The van der Waals surface area contributed by atoms with Gasteiger partial charge in [-0.15, -0.1) is 0 Å². The lowest BCUT2D eigenvalue weighted by molar-refractivity contribution is -0.137. The monoisotopic (exact) mass is 200 g/mol. The molecule has 0 aromatic carbocycles. The first-order valence-electron chi connectivity index (χ1n) is 4.80. The summed E-state index contributed by atoms with van der Waals surface area (Å²) in [5.74, 6) is -0.702. The minimum Gasteiger partial charge on any atom is -0.481 e. The van der Waals surface area contributed by atoms with Crippen LogP contribution in [-0.2, 0) is 9.59 Å². The largest absolute Gasteiger partial charge is 0.481 e. The van der Waals surface area contributed by atoms with E-state index in [1.807, 2.05) is 0 Å². The minimum atomic E-state index is -0.793. The van der Waals surface area contributed by atoms with Crippen molar-refractivity contribution in [2.24, 2.45) is 0 Å². The normalized spacial score (nSPS) is 21.2. The standard InChI is InChI=1S/C9H16N2O3/c1-7(12)11-5-3-8(6-11)10-4-2-9(13)14/h8,10H,2-6H2,1H3,(H,13,14). The van der Waals surface area contributed by atoms with Crippen LogP contribution in [0.5, 0.6) is 0 Å². The highest BCUT2D eigenvalue weighted by Gasteiger charge is 2.23. The molecule has 1 saturated heterocycles. The summed E-state index contributed by atoms with van der Waals surface area (Å²) in [5.41, 5.74) is 0. The van der Waals surface area contributed by atoms with Crippen molar-refractivity contribution in [3.63, 3.8) is 0 Å². The molecule has 0 aliphatic carbocycles. The highest BCUT2D eigenvalue weighted by Crippen LogP contribution is 2.08. The van der Waals surface area contributed by atoms with Crippen LogP contribution in [0, 0.1) is 0 Å². The summed E-state index contributed by atoms with van der Waals surface area (Å²) in [6.45, 7) is 3.51. The average Bonchev–Trinajstić information content (AvgIpc) is 2.52. The molecule has 5 nitrogen and oxygen atoms in total. The molecule has 1 fully saturated rings. The maximum absolute atomic E-state index is 11.0. The van der Waals surface area contributed by atoms with Crippen LogP contribution < -0.4 is 5.32 Å². The highest BCUT2D eigenvalue weighted by atomic mass is 16.4. The number of aliphatic carboxylic acids is 1. The van der Waals surface area contributed by atoms with Gasteiger partial charge < -0.3 is 15.3 Å². The Kier molecular flexibility index (Phi) is 3.88. The molecule has 0 bridgehead atoms. The molecule has 2 N–H and O–H groups in total. The maximum atomic E-state index is 11.0. The van der Waals surface area contributed by atoms with Gasteiger partial charge in [0.15, 0.2) is 0 Å². The number of nitrogens with one attached hydrogen (secondary N) is 1. The molecular formula is C9H16N2O3. The average molecular weight is 200 g/mol. The smallest absolute Gasteiger partial charge is 0.304 e. The molecule has 14 heavy (non-hydrogen) atoms. The van der Waals surface area contributed by atoms with E-state index in [2.05, 4.69) is 5.32 Å². The van der Waals surface area contributed by atoms with E-state index in [4.69, 9.17) is 5.11 Å². The number of carbonyl (C=O) groups excluding carboxylic acids is 1. The Balaban J connectivity index is 2.16. The quantitative estimate of drug-likeness (QED) is 0.652. The number of likely N-dealkylation sites (tertiary alicyclic amines) is 1. The summed E-state index contributed by atoms with van der Waals surface area (Å²) < 4.78 is 0. The molecule has 0 saturated carbocycles. The Morgan fingerprint density at radius 3 is 2.79 bits per heavy atom. The number of hydrogen-bond acceptors (Lipinski definition) is 3. The third-order valence-corrected chi connectivity index (χ3v) is 2.41. The Bertz CT molecular complexity index is 230. The van der Waals surface area contributed by atoms with Gasteiger partial charge in [0.1, 0.15) is 0 Å². The van der Waals surface area contributed by atoms with Crippen molar-refractivity contribution < 1.29 is 14.7 Å². The van der Waals surface area contributed by atoms with Crippen LogP contribution in [0.25, 0.3) is 0 Å². The van der Waals surface area contributed by atoms with Crippen molar-refractivity contribution in [1.29, 1.82) is 0 Å². The lowest BCUT2D eigenvalue weighted by Gasteiger charge is -2.14. The zero-order chi connectivity index (χ0) is 10.6. The van der Waals surface area contributed by atoms with E-state index >= 15 is 0 Å². The highest BCUT2D eigenvalue weighted by molar-refractivity contribution is 5.73. The molecule has 1 aliphatic heterocycles. The van der Waals surface area contributed by atoms with E-state index in [0.717, 1.165) is 13.0 Å². The number of amides is 1. The van der Waals surface area contributed by atoms with Crippen LogP contribution in [0.2, 0.25) is 0 Å². The molecule has 5 heteroatoms. The molecule has 1 aliphatic rings. The molecule has 1 unspecified atom stereocenters. The first kappa shape index (κ1) is 11.0. The second kappa shape index (κ2) is 4.95. The van der Waals surface area contributed by atoms with Crippen LogP contribution in [0.3, 0.4) is 0 Å². The fourth-order valence-electron chi connectivity index (χ4n) is 1.60. The Morgan fingerprint density at radius 2 is 2.29 bits per heavy atom. The van der Waals surface area contributed by atoms with Crippen molar-refractivity contribution >= 4 is 11.9 Å². The first-order valence-corrected chi connectivity index (χ1v) is 4.80. The zero-order valence-corrected chi connectivity index (χ0v) is 8.32. The Hall–Kier alpha value is -1.10. The van der Waals surface area contributed by atoms with Crippen LogP contribution in [0.4, 0.5) is 0 Å². The fourth-order valence-corrected chi connectivity index (χ4v) is 1.60. The minimum absolute atomic E-state index is 0.0903. The van der Waals surface area contributed by atoms with Gasteiger partial charge in [0.05, 0.1) is 6.42 Å². The van der Waals surface area contributed by atoms with Gasteiger partial charge in [0.2, 0.25) is 5.91 Å². The predicted molar refractivity (Wildman–Crippen MR) is 50.9 cm³/mol. The third kappa shape index (κ3) is 3.33. The molecule has 0 aromatic rings. The molecule has 80 valence electrons. The summed E-state index contributed by atoms with van der Waals surface area (Å²) in [4.78, 5) is 23.0. The van der Waals surface area contributed by atoms with Crippen LogP contribution in [0.15, 0.2) is 0 Å². The fraction of sp³-hybridized carbons (Fsp3) is 0.778. The molecule has 0 aromatic heterocycles. The SMILES string of the molecule is CC(=O)N1CCC(NCCC(=O)O)C1. The lowest BCUT2D eigenvalue weighted by atomic mass is 10.2. The summed E-state index contributed by atoms with van der Waals surface area (Å²) in [5, 5.41) is 11.5. The molecule has 0 radical (unpaired) electrons. The van der Waals surface area contributed by atoms with Crippen molar-refractivity contribution in [2.45, 2.75) is 25.8 Å². The third-order valence-electron chi connectivity index (χ3n) is 2.41. The summed E-state index contributed by atoms with van der Waals surface area (Å²) in [6.07, 6.45) is 1.05. The van der Waals surface area contributed by atoms with Gasteiger partial charge in [-0.2, -0.15) is 0 Å². The predicted octanol–water partition coefficient (Wildman–Crippen LogP) is -0.328. The molecule has 1 heterocycles. The van der Waals surface area contributed by atoms with Gasteiger partial charge >= 0.3 is 5.97 Å². The van der Waals surface area contributed by atoms with Crippen LogP contribution in [0.1, 0.15) is 19.8 Å². The van der Waals surface area contributed by atoms with E-state index in [1.165, 1.54) is 0 Å². The lowest BCUT2D eigenvalue weighted by Crippen LogP contribution is -2.35. The Morgan fingerprint density at radius 1 is 1.57 bits per heavy atom. The van der Waals surface area contributed by atoms with Crippen LogP contribution in [-0.4, -0.2) is 47.6 Å². The molecule has 0 spiro atoms. The van der Waals surface area contributed by atoms with Crippen molar-refractivity contribution in [1.82, 2.24) is 10.2 Å². The Labute approximate surface area is 83.1 Å².